The Morgan fingerprint density at radius 1 is 1.23 bits per heavy atom. The van der Waals surface area contributed by atoms with E-state index < -0.39 is 0 Å². The summed E-state index contributed by atoms with van der Waals surface area (Å²) < 4.78 is 12.7. The van der Waals surface area contributed by atoms with Crippen LogP contribution in [0.25, 0.3) is 10.9 Å². The standard InChI is InChI=1S/C26H32N6O3/c1-3-24(25-28-29-30-32(25)17-22-10-7-13-35-22)31(20-8-5-4-6-9-20)16-19-14-18-15-21(34-2)11-12-23(18)27-26(19)33/h7,10-15,20,24H,3-6,8-9,16-17H2,1-2H3,(H,27,33)/t24-/m1/s1. The minimum atomic E-state index is -0.0616. The molecule has 0 amide bonds. The highest BCUT2D eigenvalue weighted by Crippen LogP contribution is 2.33. The molecule has 0 aliphatic heterocycles. The average molecular weight is 477 g/mol. The van der Waals surface area contributed by atoms with Crippen molar-refractivity contribution >= 4 is 10.9 Å². The van der Waals surface area contributed by atoms with Crippen LogP contribution in [0.3, 0.4) is 0 Å². The molecule has 1 aromatic carbocycles. The SMILES string of the molecule is CC[C@H](c1nnnn1Cc1ccco1)N(Cc1cc2cc(OC)ccc2[nH]c1=O)C1CCCCC1. The van der Waals surface area contributed by atoms with Crippen LogP contribution in [-0.4, -0.2) is 43.2 Å². The van der Waals surface area contributed by atoms with Crippen molar-refractivity contribution in [2.45, 2.75) is 70.6 Å². The normalized spacial score (nSPS) is 15.6. The fourth-order valence-electron chi connectivity index (χ4n) is 5.26. The molecule has 1 fully saturated rings. The summed E-state index contributed by atoms with van der Waals surface area (Å²) in [5, 5.41) is 13.6. The Bertz CT molecular complexity index is 1310. The number of ether oxygens (including phenoxy) is 1. The zero-order chi connectivity index (χ0) is 24.2. The number of rotatable bonds is 9. The Hall–Kier alpha value is -3.46. The Morgan fingerprint density at radius 2 is 2.09 bits per heavy atom. The minimum absolute atomic E-state index is 0.0246. The lowest BCUT2D eigenvalue weighted by Crippen LogP contribution is -2.41. The van der Waals surface area contributed by atoms with Crippen LogP contribution in [0.1, 0.15) is 68.6 Å². The molecule has 1 aliphatic rings. The van der Waals surface area contributed by atoms with Crippen LogP contribution < -0.4 is 10.3 Å². The number of aromatic amines is 1. The molecule has 1 saturated carbocycles. The van der Waals surface area contributed by atoms with E-state index in [1.165, 1.54) is 19.3 Å². The van der Waals surface area contributed by atoms with Crippen LogP contribution in [0.2, 0.25) is 0 Å². The number of methoxy groups -OCH3 is 1. The zero-order valence-corrected chi connectivity index (χ0v) is 20.3. The molecule has 0 saturated heterocycles. The Balaban J connectivity index is 1.51. The first kappa shape index (κ1) is 23.3. The van der Waals surface area contributed by atoms with Crippen LogP contribution in [0.4, 0.5) is 0 Å². The van der Waals surface area contributed by atoms with Gasteiger partial charge in [0.05, 0.1) is 19.4 Å². The molecule has 35 heavy (non-hydrogen) atoms. The molecule has 1 N–H and O–H groups in total. The monoisotopic (exact) mass is 476 g/mol. The van der Waals surface area contributed by atoms with Crippen LogP contribution in [0.15, 0.2) is 51.9 Å². The number of H-pyrrole nitrogens is 1. The number of benzene rings is 1. The van der Waals surface area contributed by atoms with Crippen molar-refractivity contribution in [2.24, 2.45) is 0 Å². The number of furan rings is 1. The number of tetrazole rings is 1. The quantitative estimate of drug-likeness (QED) is 0.381. The number of nitrogens with zero attached hydrogens (tertiary/aromatic N) is 5. The van der Waals surface area contributed by atoms with Crippen molar-refractivity contribution in [1.29, 1.82) is 0 Å². The van der Waals surface area contributed by atoms with E-state index in [0.29, 0.717) is 19.1 Å². The molecule has 0 bridgehead atoms. The molecule has 9 nitrogen and oxygen atoms in total. The highest BCUT2D eigenvalue weighted by Gasteiger charge is 2.32. The molecular weight excluding hydrogens is 444 g/mol. The summed E-state index contributed by atoms with van der Waals surface area (Å²) in [5.41, 5.74) is 1.48. The molecule has 1 atom stereocenters. The van der Waals surface area contributed by atoms with Crippen LogP contribution in [-0.2, 0) is 13.1 Å². The zero-order valence-electron chi connectivity index (χ0n) is 20.3. The van der Waals surface area contributed by atoms with Gasteiger partial charge in [0, 0.05) is 29.1 Å². The topological polar surface area (TPSA) is 102 Å². The number of hydrogen-bond acceptors (Lipinski definition) is 7. The van der Waals surface area contributed by atoms with Gasteiger partial charge in [0.1, 0.15) is 18.1 Å². The lowest BCUT2D eigenvalue weighted by molar-refractivity contribution is 0.0842. The Kier molecular flexibility index (Phi) is 6.94. The molecule has 0 radical (unpaired) electrons. The largest absolute Gasteiger partial charge is 0.497 e. The molecule has 0 unspecified atom stereocenters. The summed E-state index contributed by atoms with van der Waals surface area (Å²) >= 11 is 0. The Labute approximate surface area is 204 Å². The number of aromatic nitrogens is 5. The maximum absolute atomic E-state index is 13.1. The van der Waals surface area contributed by atoms with Gasteiger partial charge in [-0.3, -0.25) is 9.69 Å². The number of nitrogens with one attached hydrogen (secondary N) is 1. The summed E-state index contributed by atoms with van der Waals surface area (Å²) in [5.74, 6) is 2.37. The van der Waals surface area contributed by atoms with Gasteiger partial charge in [-0.2, -0.15) is 0 Å². The average Bonchev–Trinajstić information content (AvgIpc) is 3.57. The van der Waals surface area contributed by atoms with Crippen LogP contribution in [0.5, 0.6) is 5.75 Å². The highest BCUT2D eigenvalue weighted by molar-refractivity contribution is 5.80. The van der Waals surface area contributed by atoms with Gasteiger partial charge in [-0.25, -0.2) is 4.68 Å². The molecule has 3 aromatic heterocycles. The van der Waals surface area contributed by atoms with Crippen LogP contribution in [0, 0.1) is 0 Å². The summed E-state index contributed by atoms with van der Waals surface area (Å²) in [6, 6.07) is 11.8. The van der Waals surface area contributed by atoms with Gasteiger partial charge < -0.3 is 14.1 Å². The highest BCUT2D eigenvalue weighted by atomic mass is 16.5. The first-order chi connectivity index (χ1) is 17.2. The lowest BCUT2D eigenvalue weighted by Gasteiger charge is -2.39. The maximum Gasteiger partial charge on any atom is 0.252 e. The Morgan fingerprint density at radius 3 is 2.83 bits per heavy atom. The van der Waals surface area contributed by atoms with Gasteiger partial charge >= 0.3 is 0 Å². The number of pyridine rings is 1. The van der Waals surface area contributed by atoms with Crippen LogP contribution >= 0.6 is 0 Å². The summed E-state index contributed by atoms with van der Waals surface area (Å²) in [7, 11) is 1.65. The van der Waals surface area contributed by atoms with E-state index >= 15 is 0 Å². The third kappa shape index (κ3) is 5.00. The second kappa shape index (κ2) is 10.4. The van der Waals surface area contributed by atoms with E-state index in [9.17, 15) is 4.79 Å². The molecule has 1 aliphatic carbocycles. The number of fused-ring (bicyclic) bond motifs is 1. The van der Waals surface area contributed by atoms with Gasteiger partial charge in [-0.05, 0) is 66.1 Å². The van der Waals surface area contributed by atoms with E-state index in [1.54, 1.807) is 13.4 Å². The predicted molar refractivity (Wildman–Crippen MR) is 132 cm³/mol. The maximum atomic E-state index is 13.1. The van der Waals surface area contributed by atoms with Crippen molar-refractivity contribution in [3.05, 3.63) is 70.2 Å². The van der Waals surface area contributed by atoms with Gasteiger partial charge in [0.15, 0.2) is 5.82 Å². The lowest BCUT2D eigenvalue weighted by atomic mass is 9.92. The van der Waals surface area contributed by atoms with E-state index in [-0.39, 0.29) is 11.6 Å². The van der Waals surface area contributed by atoms with E-state index in [2.05, 4.69) is 32.3 Å². The fourth-order valence-corrected chi connectivity index (χ4v) is 5.26. The predicted octanol–water partition coefficient (Wildman–Crippen LogP) is 4.45. The minimum Gasteiger partial charge on any atom is -0.497 e. The molecular formula is C26H32N6O3. The van der Waals surface area contributed by atoms with Crippen molar-refractivity contribution < 1.29 is 9.15 Å². The first-order valence-electron chi connectivity index (χ1n) is 12.4. The summed E-state index contributed by atoms with van der Waals surface area (Å²) in [6.45, 7) is 3.15. The molecule has 184 valence electrons. The van der Waals surface area contributed by atoms with E-state index in [4.69, 9.17) is 9.15 Å². The second-order valence-corrected chi connectivity index (χ2v) is 9.24. The molecule has 9 heteroatoms. The van der Waals surface area contributed by atoms with Crippen molar-refractivity contribution in [1.82, 2.24) is 30.1 Å². The molecule has 4 aromatic rings. The van der Waals surface area contributed by atoms with Crippen molar-refractivity contribution in [2.75, 3.05) is 7.11 Å². The van der Waals surface area contributed by atoms with Gasteiger partial charge in [-0.1, -0.05) is 26.2 Å². The number of hydrogen-bond donors (Lipinski definition) is 1. The summed E-state index contributed by atoms with van der Waals surface area (Å²) in [4.78, 5) is 18.6. The van der Waals surface area contributed by atoms with E-state index in [1.807, 2.05) is 41.1 Å². The molecule has 0 spiro atoms. The smallest absolute Gasteiger partial charge is 0.252 e. The van der Waals surface area contributed by atoms with Crippen molar-refractivity contribution in [3.63, 3.8) is 0 Å². The fraction of sp³-hybridized carbons (Fsp3) is 0.462. The third-order valence-corrected chi connectivity index (χ3v) is 7.06. The second-order valence-electron chi connectivity index (χ2n) is 9.24. The van der Waals surface area contributed by atoms with Crippen molar-refractivity contribution in [3.8, 4) is 5.75 Å². The molecule has 5 rings (SSSR count). The van der Waals surface area contributed by atoms with E-state index in [0.717, 1.165) is 53.1 Å². The van der Waals surface area contributed by atoms with Gasteiger partial charge in [0.2, 0.25) is 0 Å². The third-order valence-electron chi connectivity index (χ3n) is 7.06. The summed E-state index contributed by atoms with van der Waals surface area (Å²) in [6.07, 6.45) is 8.35. The molecule has 3 heterocycles. The van der Waals surface area contributed by atoms with Gasteiger partial charge in [-0.15, -0.1) is 5.10 Å². The first-order valence-corrected chi connectivity index (χ1v) is 12.4. The van der Waals surface area contributed by atoms with Gasteiger partial charge in [0.25, 0.3) is 5.56 Å².